The number of rotatable bonds is 4. The summed E-state index contributed by atoms with van der Waals surface area (Å²) in [6, 6.07) is 13.5. The highest BCUT2D eigenvalue weighted by Crippen LogP contribution is 2.30. The van der Waals surface area contributed by atoms with Gasteiger partial charge in [0, 0.05) is 35.2 Å². The zero-order valence-corrected chi connectivity index (χ0v) is 15.3. The Hall–Kier alpha value is -2.95. The van der Waals surface area contributed by atoms with E-state index in [4.69, 9.17) is 10.5 Å². The second-order valence-corrected chi connectivity index (χ2v) is 6.04. The Bertz CT molecular complexity index is 898. The van der Waals surface area contributed by atoms with E-state index in [9.17, 15) is 4.79 Å². The Labute approximate surface area is 153 Å². The zero-order chi connectivity index (χ0) is 18.5. The van der Waals surface area contributed by atoms with Gasteiger partial charge in [0.05, 0.1) is 6.61 Å². The van der Waals surface area contributed by atoms with E-state index in [1.165, 1.54) is 5.56 Å². The van der Waals surface area contributed by atoms with Crippen LogP contribution in [0.5, 0.6) is 0 Å². The maximum Gasteiger partial charge on any atom is 0.354 e. The van der Waals surface area contributed by atoms with Crippen molar-refractivity contribution in [2.24, 2.45) is 0 Å². The molecule has 2 heterocycles. The fourth-order valence-electron chi connectivity index (χ4n) is 3.15. The second-order valence-electron chi connectivity index (χ2n) is 6.04. The van der Waals surface area contributed by atoms with Gasteiger partial charge < -0.3 is 20.8 Å². The van der Waals surface area contributed by atoms with Gasteiger partial charge in [-0.2, -0.15) is 0 Å². The van der Waals surface area contributed by atoms with E-state index >= 15 is 0 Å². The molecule has 0 unspecified atom stereocenters. The summed E-state index contributed by atoms with van der Waals surface area (Å²) in [4.78, 5) is 15.4. The molecule has 3 aromatic rings. The minimum Gasteiger partial charge on any atom is -0.461 e. The van der Waals surface area contributed by atoms with Gasteiger partial charge in [-0.1, -0.05) is 26.0 Å². The average Bonchev–Trinajstić information content (AvgIpc) is 3.31. The standard InChI is InChI=1S/C19H19N3O2.C2H6/c20-13-3-1-12(2-4-13)8-10-24-19(23)18-11-15-14-7-9-21-16(14)5-6-17(15)22-18;1-2/h1-6,11,21-22H,7-10,20H2;1-2H3. The molecule has 2 aromatic carbocycles. The van der Waals surface area contributed by atoms with Gasteiger partial charge in [0.1, 0.15) is 5.69 Å². The highest BCUT2D eigenvalue weighted by molar-refractivity contribution is 5.98. The number of nitrogens with one attached hydrogen (secondary N) is 2. The van der Waals surface area contributed by atoms with E-state index in [1.807, 2.05) is 50.2 Å². The molecule has 0 fully saturated rings. The van der Waals surface area contributed by atoms with Crippen LogP contribution >= 0.6 is 0 Å². The van der Waals surface area contributed by atoms with Crippen LogP contribution in [0.3, 0.4) is 0 Å². The second kappa shape index (κ2) is 7.95. The third kappa shape index (κ3) is 3.67. The van der Waals surface area contributed by atoms with Gasteiger partial charge in [0.25, 0.3) is 0 Å². The maximum absolute atomic E-state index is 12.3. The van der Waals surface area contributed by atoms with E-state index in [2.05, 4.69) is 16.4 Å². The summed E-state index contributed by atoms with van der Waals surface area (Å²) in [5.74, 6) is -0.318. The van der Waals surface area contributed by atoms with E-state index in [1.54, 1.807) is 0 Å². The predicted octanol–water partition coefficient (Wildman–Crippen LogP) is 4.14. The smallest absolute Gasteiger partial charge is 0.354 e. The molecule has 1 aliphatic heterocycles. The largest absolute Gasteiger partial charge is 0.461 e. The number of nitrogens with two attached hydrogens (primary N) is 1. The van der Waals surface area contributed by atoms with Gasteiger partial charge in [0.15, 0.2) is 0 Å². The normalized spacial score (nSPS) is 12.1. The van der Waals surface area contributed by atoms with Crippen LogP contribution < -0.4 is 11.1 Å². The molecule has 5 nitrogen and oxygen atoms in total. The van der Waals surface area contributed by atoms with Crippen LogP contribution in [0, 0.1) is 0 Å². The molecule has 0 atom stereocenters. The number of carbonyl (C=O) groups excluding carboxylic acids is 1. The number of hydrogen-bond acceptors (Lipinski definition) is 4. The number of H-pyrrole nitrogens is 1. The van der Waals surface area contributed by atoms with Crippen LogP contribution in [0.25, 0.3) is 10.9 Å². The molecule has 0 bridgehead atoms. The van der Waals surface area contributed by atoms with Gasteiger partial charge in [-0.05, 0) is 47.9 Å². The van der Waals surface area contributed by atoms with Gasteiger partial charge in [-0.25, -0.2) is 4.79 Å². The van der Waals surface area contributed by atoms with E-state index < -0.39 is 0 Å². The Morgan fingerprint density at radius 2 is 1.92 bits per heavy atom. The highest BCUT2D eigenvalue weighted by Gasteiger charge is 2.17. The van der Waals surface area contributed by atoms with E-state index in [-0.39, 0.29) is 5.97 Å². The lowest BCUT2D eigenvalue weighted by atomic mass is 10.1. The first-order valence-corrected chi connectivity index (χ1v) is 9.11. The number of benzene rings is 2. The third-order valence-corrected chi connectivity index (χ3v) is 4.43. The monoisotopic (exact) mass is 351 g/mol. The summed E-state index contributed by atoms with van der Waals surface area (Å²) in [5.41, 5.74) is 11.4. The van der Waals surface area contributed by atoms with E-state index in [0.29, 0.717) is 18.7 Å². The average molecular weight is 351 g/mol. The minimum absolute atomic E-state index is 0.318. The third-order valence-electron chi connectivity index (χ3n) is 4.43. The molecule has 26 heavy (non-hydrogen) atoms. The molecule has 0 saturated heterocycles. The van der Waals surface area contributed by atoms with Gasteiger partial charge >= 0.3 is 5.97 Å². The number of aromatic amines is 1. The summed E-state index contributed by atoms with van der Waals surface area (Å²) in [6.45, 7) is 5.29. The van der Waals surface area contributed by atoms with Crippen LogP contribution in [0.15, 0.2) is 42.5 Å². The quantitative estimate of drug-likeness (QED) is 0.487. The number of carbonyl (C=O) groups is 1. The number of esters is 1. The fraction of sp³-hybridized carbons (Fsp3) is 0.286. The van der Waals surface area contributed by atoms with Crippen molar-refractivity contribution in [1.82, 2.24) is 4.98 Å². The lowest BCUT2D eigenvalue weighted by molar-refractivity contribution is 0.0503. The van der Waals surface area contributed by atoms with Crippen molar-refractivity contribution in [3.8, 4) is 0 Å². The molecule has 0 aliphatic carbocycles. The molecule has 5 heteroatoms. The molecule has 0 amide bonds. The summed E-state index contributed by atoms with van der Waals surface area (Å²) >= 11 is 0. The van der Waals surface area contributed by atoms with Crippen LogP contribution in [-0.2, 0) is 17.6 Å². The molecule has 4 rings (SSSR count). The molecular formula is C21H25N3O2. The summed E-state index contributed by atoms with van der Waals surface area (Å²) in [6.07, 6.45) is 1.65. The van der Waals surface area contributed by atoms with Crippen molar-refractivity contribution in [3.63, 3.8) is 0 Å². The molecule has 136 valence electrons. The molecule has 0 spiro atoms. The molecule has 1 aliphatic rings. The summed E-state index contributed by atoms with van der Waals surface area (Å²) < 4.78 is 5.39. The Morgan fingerprint density at radius 3 is 2.69 bits per heavy atom. The number of hydrogen-bond donors (Lipinski definition) is 3. The predicted molar refractivity (Wildman–Crippen MR) is 107 cm³/mol. The Balaban J connectivity index is 0.000000948. The number of fused-ring (bicyclic) bond motifs is 3. The number of anilines is 2. The Kier molecular flexibility index (Phi) is 5.46. The fourth-order valence-corrected chi connectivity index (χ4v) is 3.15. The first-order chi connectivity index (χ1) is 12.7. The topological polar surface area (TPSA) is 80.1 Å². The van der Waals surface area contributed by atoms with Crippen LogP contribution in [0.4, 0.5) is 11.4 Å². The lowest BCUT2D eigenvalue weighted by Crippen LogP contribution is -2.08. The number of nitrogen functional groups attached to an aromatic ring is 1. The van der Waals surface area contributed by atoms with Crippen LogP contribution in [-0.4, -0.2) is 24.1 Å². The minimum atomic E-state index is -0.318. The number of aromatic nitrogens is 1. The van der Waals surface area contributed by atoms with Crippen LogP contribution in [0.2, 0.25) is 0 Å². The van der Waals surface area contributed by atoms with Crippen molar-refractivity contribution >= 4 is 28.2 Å². The lowest BCUT2D eigenvalue weighted by Gasteiger charge is -2.04. The zero-order valence-electron chi connectivity index (χ0n) is 15.3. The van der Waals surface area contributed by atoms with Crippen molar-refractivity contribution in [2.75, 3.05) is 24.2 Å². The van der Waals surface area contributed by atoms with Crippen molar-refractivity contribution < 1.29 is 9.53 Å². The summed E-state index contributed by atoms with van der Waals surface area (Å²) in [7, 11) is 0. The van der Waals surface area contributed by atoms with Gasteiger partial charge in [0.2, 0.25) is 0 Å². The van der Waals surface area contributed by atoms with Gasteiger partial charge in [-0.3, -0.25) is 0 Å². The summed E-state index contributed by atoms with van der Waals surface area (Å²) in [5, 5.41) is 4.45. The molecule has 0 radical (unpaired) electrons. The molecular weight excluding hydrogens is 326 g/mol. The Morgan fingerprint density at radius 1 is 1.15 bits per heavy atom. The van der Waals surface area contributed by atoms with Crippen molar-refractivity contribution in [1.29, 1.82) is 0 Å². The SMILES string of the molecule is CC.Nc1ccc(CCOC(=O)c2cc3c4c(ccc3[nH]2)NCC4)cc1. The first-order valence-electron chi connectivity index (χ1n) is 9.11. The maximum atomic E-state index is 12.3. The first kappa shape index (κ1) is 17.9. The number of ether oxygens (including phenoxy) is 1. The molecule has 4 N–H and O–H groups in total. The highest BCUT2D eigenvalue weighted by atomic mass is 16.5. The van der Waals surface area contributed by atoms with Gasteiger partial charge in [-0.15, -0.1) is 0 Å². The van der Waals surface area contributed by atoms with Crippen LogP contribution in [0.1, 0.15) is 35.5 Å². The molecule has 1 aromatic heterocycles. The molecule has 0 saturated carbocycles. The van der Waals surface area contributed by atoms with Crippen molar-refractivity contribution in [3.05, 3.63) is 59.3 Å². The van der Waals surface area contributed by atoms with E-state index in [0.717, 1.165) is 40.8 Å². The van der Waals surface area contributed by atoms with Crippen molar-refractivity contribution in [2.45, 2.75) is 26.7 Å².